The van der Waals surface area contributed by atoms with Crippen LogP contribution in [0.1, 0.15) is 5.69 Å². The maximum absolute atomic E-state index is 5.87. The third kappa shape index (κ3) is 2.45. The number of nitrogens with zero attached hydrogens (tertiary/aromatic N) is 2. The van der Waals surface area contributed by atoms with Crippen LogP contribution in [0.2, 0.25) is 0 Å². The summed E-state index contributed by atoms with van der Waals surface area (Å²) < 4.78 is 11.2. The minimum Gasteiger partial charge on any atom is -0.493 e. The second-order valence-electron chi connectivity index (χ2n) is 4.65. The first kappa shape index (κ1) is 13.2. The monoisotopic (exact) mass is 281 g/mol. The number of methoxy groups -OCH3 is 1. The summed E-state index contributed by atoms with van der Waals surface area (Å²) in [6, 6.07) is 13.1. The first-order valence-corrected chi connectivity index (χ1v) is 6.52. The van der Waals surface area contributed by atoms with Crippen LogP contribution in [-0.2, 0) is 0 Å². The van der Waals surface area contributed by atoms with Gasteiger partial charge >= 0.3 is 0 Å². The number of ether oxygens (including phenoxy) is 2. The van der Waals surface area contributed by atoms with Gasteiger partial charge in [0.25, 0.3) is 0 Å². The third-order valence-corrected chi connectivity index (χ3v) is 3.23. The SMILES string of the molecule is COc1cc(N)ccc1Oc1nnc(C)c2ccccc12. The van der Waals surface area contributed by atoms with E-state index in [9.17, 15) is 0 Å². The molecule has 5 heteroatoms. The first-order chi connectivity index (χ1) is 10.2. The van der Waals surface area contributed by atoms with E-state index < -0.39 is 0 Å². The molecule has 0 radical (unpaired) electrons. The van der Waals surface area contributed by atoms with Crippen LogP contribution in [0.25, 0.3) is 10.8 Å². The van der Waals surface area contributed by atoms with E-state index in [0.717, 1.165) is 16.5 Å². The average Bonchev–Trinajstić information content (AvgIpc) is 2.52. The Bertz CT molecular complexity index is 803. The Morgan fingerprint density at radius 2 is 1.71 bits per heavy atom. The number of aromatic nitrogens is 2. The van der Waals surface area contributed by atoms with Crippen molar-refractivity contribution in [3.63, 3.8) is 0 Å². The molecule has 2 aromatic carbocycles. The summed E-state index contributed by atoms with van der Waals surface area (Å²) in [5.41, 5.74) is 7.22. The zero-order valence-corrected chi connectivity index (χ0v) is 11.8. The highest BCUT2D eigenvalue weighted by Crippen LogP contribution is 2.35. The molecule has 0 saturated carbocycles. The number of hydrogen-bond donors (Lipinski definition) is 1. The zero-order valence-electron chi connectivity index (χ0n) is 11.8. The van der Waals surface area contributed by atoms with Gasteiger partial charge < -0.3 is 15.2 Å². The van der Waals surface area contributed by atoms with Gasteiger partial charge in [-0.05, 0) is 25.1 Å². The van der Waals surface area contributed by atoms with Crippen molar-refractivity contribution >= 4 is 16.5 Å². The van der Waals surface area contributed by atoms with Crippen LogP contribution in [0.3, 0.4) is 0 Å². The van der Waals surface area contributed by atoms with Crippen molar-refractivity contribution in [3.05, 3.63) is 48.2 Å². The smallest absolute Gasteiger partial charge is 0.246 e. The first-order valence-electron chi connectivity index (χ1n) is 6.52. The lowest BCUT2D eigenvalue weighted by atomic mass is 10.1. The van der Waals surface area contributed by atoms with E-state index in [4.69, 9.17) is 15.2 Å². The molecule has 3 aromatic rings. The van der Waals surface area contributed by atoms with Crippen molar-refractivity contribution in [1.29, 1.82) is 0 Å². The number of nitrogen functional groups attached to an aromatic ring is 1. The summed E-state index contributed by atoms with van der Waals surface area (Å²) in [6.07, 6.45) is 0. The Labute approximate surface area is 122 Å². The minimum atomic E-state index is 0.444. The fourth-order valence-electron chi connectivity index (χ4n) is 2.16. The molecule has 0 spiro atoms. The van der Waals surface area contributed by atoms with E-state index in [0.29, 0.717) is 23.1 Å². The molecule has 0 saturated heterocycles. The molecule has 3 rings (SSSR count). The molecule has 0 fully saturated rings. The normalized spacial score (nSPS) is 10.6. The largest absolute Gasteiger partial charge is 0.493 e. The van der Waals surface area contributed by atoms with Crippen LogP contribution in [0.4, 0.5) is 5.69 Å². The highest BCUT2D eigenvalue weighted by atomic mass is 16.5. The minimum absolute atomic E-state index is 0.444. The van der Waals surface area contributed by atoms with Crippen molar-refractivity contribution < 1.29 is 9.47 Å². The molecule has 5 nitrogen and oxygen atoms in total. The number of hydrogen-bond acceptors (Lipinski definition) is 5. The lowest BCUT2D eigenvalue weighted by molar-refractivity contribution is 0.374. The van der Waals surface area contributed by atoms with Gasteiger partial charge in [0.1, 0.15) is 0 Å². The fourth-order valence-corrected chi connectivity index (χ4v) is 2.16. The highest BCUT2D eigenvalue weighted by Gasteiger charge is 2.11. The summed E-state index contributed by atoms with van der Waals surface area (Å²) in [5, 5.41) is 10.2. The molecule has 1 heterocycles. The fraction of sp³-hybridized carbons (Fsp3) is 0.125. The van der Waals surface area contributed by atoms with Gasteiger partial charge in [0.05, 0.1) is 12.8 Å². The van der Waals surface area contributed by atoms with Gasteiger partial charge in [0.15, 0.2) is 11.5 Å². The van der Waals surface area contributed by atoms with Crippen LogP contribution in [-0.4, -0.2) is 17.3 Å². The van der Waals surface area contributed by atoms with Crippen LogP contribution < -0.4 is 15.2 Å². The van der Waals surface area contributed by atoms with Gasteiger partial charge in [-0.25, -0.2) is 0 Å². The van der Waals surface area contributed by atoms with Crippen LogP contribution in [0, 0.1) is 6.92 Å². The molecule has 0 aliphatic carbocycles. The maximum atomic E-state index is 5.87. The zero-order chi connectivity index (χ0) is 14.8. The predicted molar refractivity (Wildman–Crippen MR) is 81.8 cm³/mol. The lowest BCUT2D eigenvalue weighted by Gasteiger charge is -2.11. The van der Waals surface area contributed by atoms with Gasteiger partial charge in [0.2, 0.25) is 5.88 Å². The number of fused-ring (bicyclic) bond motifs is 1. The van der Waals surface area contributed by atoms with Gasteiger partial charge in [-0.2, -0.15) is 5.10 Å². The number of benzene rings is 2. The average molecular weight is 281 g/mol. The molecular weight excluding hydrogens is 266 g/mol. The molecule has 0 aliphatic heterocycles. The van der Waals surface area contributed by atoms with Crippen molar-refractivity contribution in [1.82, 2.24) is 10.2 Å². The molecular formula is C16H15N3O2. The van der Waals surface area contributed by atoms with E-state index in [1.54, 1.807) is 25.3 Å². The maximum Gasteiger partial charge on any atom is 0.246 e. The van der Waals surface area contributed by atoms with E-state index in [-0.39, 0.29) is 0 Å². The second kappa shape index (κ2) is 5.28. The van der Waals surface area contributed by atoms with E-state index in [2.05, 4.69) is 10.2 Å². The Balaban J connectivity index is 2.09. The number of aryl methyl sites for hydroxylation is 1. The highest BCUT2D eigenvalue weighted by molar-refractivity contribution is 5.88. The number of nitrogens with two attached hydrogens (primary N) is 1. The molecule has 106 valence electrons. The quantitative estimate of drug-likeness (QED) is 0.746. The molecule has 21 heavy (non-hydrogen) atoms. The Morgan fingerprint density at radius 1 is 0.952 bits per heavy atom. The van der Waals surface area contributed by atoms with Crippen molar-refractivity contribution in [3.8, 4) is 17.4 Å². The second-order valence-corrected chi connectivity index (χ2v) is 4.65. The Morgan fingerprint density at radius 3 is 2.48 bits per heavy atom. The van der Waals surface area contributed by atoms with Crippen molar-refractivity contribution in [2.45, 2.75) is 6.92 Å². The lowest BCUT2D eigenvalue weighted by Crippen LogP contribution is -1.97. The Hall–Kier alpha value is -2.82. The topological polar surface area (TPSA) is 70.3 Å². The van der Waals surface area contributed by atoms with Crippen LogP contribution >= 0.6 is 0 Å². The molecule has 2 N–H and O–H groups in total. The van der Waals surface area contributed by atoms with E-state index >= 15 is 0 Å². The van der Waals surface area contributed by atoms with E-state index in [1.807, 2.05) is 31.2 Å². The molecule has 0 bridgehead atoms. The van der Waals surface area contributed by atoms with Gasteiger partial charge in [-0.1, -0.05) is 18.2 Å². The van der Waals surface area contributed by atoms with Crippen LogP contribution in [0.15, 0.2) is 42.5 Å². The summed E-state index contributed by atoms with van der Waals surface area (Å²) in [6.45, 7) is 1.92. The van der Waals surface area contributed by atoms with Gasteiger partial charge in [-0.3, -0.25) is 0 Å². The molecule has 0 atom stereocenters. The summed E-state index contributed by atoms with van der Waals surface area (Å²) in [7, 11) is 1.57. The number of rotatable bonds is 3. The summed E-state index contributed by atoms with van der Waals surface area (Å²) in [4.78, 5) is 0. The van der Waals surface area contributed by atoms with Crippen molar-refractivity contribution in [2.24, 2.45) is 0 Å². The molecule has 0 aliphatic rings. The van der Waals surface area contributed by atoms with E-state index in [1.165, 1.54) is 0 Å². The van der Waals surface area contributed by atoms with Crippen LogP contribution in [0.5, 0.6) is 17.4 Å². The molecule has 1 aromatic heterocycles. The standard InChI is InChI=1S/C16H15N3O2/c1-10-12-5-3-4-6-13(12)16(19-18-10)21-14-8-7-11(17)9-15(14)20-2/h3-9H,17H2,1-2H3. The summed E-state index contributed by atoms with van der Waals surface area (Å²) >= 11 is 0. The predicted octanol–water partition coefficient (Wildman–Crippen LogP) is 3.32. The van der Waals surface area contributed by atoms with Gasteiger partial charge in [0, 0.05) is 22.5 Å². The third-order valence-electron chi connectivity index (χ3n) is 3.23. The molecule has 0 unspecified atom stereocenters. The number of anilines is 1. The van der Waals surface area contributed by atoms with Gasteiger partial charge in [-0.15, -0.1) is 5.10 Å². The summed E-state index contributed by atoms with van der Waals surface area (Å²) in [5.74, 6) is 1.55. The van der Waals surface area contributed by atoms with Crippen molar-refractivity contribution in [2.75, 3.05) is 12.8 Å². The Kier molecular flexibility index (Phi) is 3.31. The molecule has 0 amide bonds.